The number of benzene rings is 2. The maximum Gasteiger partial charge on any atom is 0.319 e. The van der Waals surface area contributed by atoms with Crippen molar-refractivity contribution in [3.8, 4) is 11.8 Å². The first-order valence-corrected chi connectivity index (χ1v) is 11.4. The lowest BCUT2D eigenvalue weighted by atomic mass is 9.99. The summed E-state index contributed by atoms with van der Waals surface area (Å²) in [6, 6.07) is 11.2. The van der Waals surface area contributed by atoms with E-state index in [1.165, 1.54) is 24.1 Å². The highest BCUT2D eigenvalue weighted by Crippen LogP contribution is 2.38. The number of carbonyl (C=O) groups is 2. The quantitative estimate of drug-likeness (QED) is 0.271. The molecule has 2 N–H and O–H groups in total. The number of fused-ring (bicyclic) bond motifs is 1. The fourth-order valence-electron chi connectivity index (χ4n) is 3.71. The summed E-state index contributed by atoms with van der Waals surface area (Å²) < 4.78 is 24.1. The number of thiocarbonyl (C=S) groups is 1. The number of halogens is 1. The molecule has 184 valence electrons. The van der Waals surface area contributed by atoms with Crippen LogP contribution in [0, 0.1) is 23.1 Å². The molecular formula is C25H27FN4O4S. The van der Waals surface area contributed by atoms with Crippen LogP contribution in [0.15, 0.2) is 36.4 Å². The second kappa shape index (κ2) is 10.7. The molecule has 0 aliphatic carbocycles. The number of anilines is 3. The number of rotatable bonds is 5. The number of methoxy groups -OCH3 is 1. The van der Waals surface area contributed by atoms with Gasteiger partial charge in [-0.15, -0.1) is 0 Å². The van der Waals surface area contributed by atoms with Gasteiger partial charge in [-0.2, -0.15) is 5.26 Å². The second-order valence-electron chi connectivity index (χ2n) is 8.97. The standard InChI is InChI=1S/C25H27FN4O4S/c1-25(2,3)34-23(32)18-10-5-15-13-19(29-24(35)28-17-8-6-16(26)7-9-17)21(33-4)14-20(15)30(12-11-27)22(18)31/h6-9,13-14,18H,5,10,12H2,1-4H3,(H2,28,29,35). The second-order valence-corrected chi connectivity index (χ2v) is 9.38. The molecule has 0 saturated carbocycles. The zero-order chi connectivity index (χ0) is 25.8. The number of carbonyl (C=O) groups excluding carboxylic acids is 2. The van der Waals surface area contributed by atoms with Crippen molar-refractivity contribution in [2.24, 2.45) is 5.92 Å². The molecule has 0 saturated heterocycles. The number of hydrogen-bond donors (Lipinski definition) is 2. The Labute approximate surface area is 209 Å². The summed E-state index contributed by atoms with van der Waals surface area (Å²) in [6.07, 6.45) is 0.621. The summed E-state index contributed by atoms with van der Waals surface area (Å²) in [5.74, 6) is -2.11. The zero-order valence-corrected chi connectivity index (χ0v) is 20.8. The highest BCUT2D eigenvalue weighted by molar-refractivity contribution is 7.80. The smallest absolute Gasteiger partial charge is 0.319 e. The molecule has 1 aliphatic heterocycles. The van der Waals surface area contributed by atoms with Crippen LogP contribution in [-0.4, -0.2) is 36.2 Å². The Hall–Kier alpha value is -3.71. The Morgan fingerprint density at radius 3 is 2.54 bits per heavy atom. The Kier molecular flexibility index (Phi) is 7.92. The molecule has 1 amide bonds. The summed E-state index contributed by atoms with van der Waals surface area (Å²) in [4.78, 5) is 27.3. The van der Waals surface area contributed by atoms with Crippen molar-refractivity contribution in [1.29, 1.82) is 5.26 Å². The highest BCUT2D eigenvalue weighted by Gasteiger charge is 2.38. The number of aryl methyl sites for hydroxylation is 1. The lowest BCUT2D eigenvalue weighted by molar-refractivity contribution is -0.162. The molecule has 0 radical (unpaired) electrons. The van der Waals surface area contributed by atoms with Crippen LogP contribution in [0.3, 0.4) is 0 Å². The number of ether oxygens (including phenoxy) is 2. The Morgan fingerprint density at radius 1 is 1.26 bits per heavy atom. The topological polar surface area (TPSA) is 104 Å². The maximum absolute atomic E-state index is 13.3. The third kappa shape index (κ3) is 6.45. The largest absolute Gasteiger partial charge is 0.494 e. The molecule has 8 nitrogen and oxygen atoms in total. The van der Waals surface area contributed by atoms with Crippen LogP contribution in [0.5, 0.6) is 5.75 Å². The lowest BCUT2D eigenvalue weighted by Gasteiger charge is -2.26. The van der Waals surface area contributed by atoms with Crippen molar-refractivity contribution in [3.63, 3.8) is 0 Å². The maximum atomic E-state index is 13.3. The lowest BCUT2D eigenvalue weighted by Crippen LogP contribution is -2.41. The van der Waals surface area contributed by atoms with E-state index in [4.69, 9.17) is 21.7 Å². The molecule has 2 aromatic rings. The summed E-state index contributed by atoms with van der Waals surface area (Å²) in [6.45, 7) is 4.98. The summed E-state index contributed by atoms with van der Waals surface area (Å²) in [7, 11) is 1.47. The minimum atomic E-state index is -1.03. The summed E-state index contributed by atoms with van der Waals surface area (Å²) in [5, 5.41) is 15.7. The SMILES string of the molecule is COc1cc2c(cc1NC(=S)Nc1ccc(F)cc1)CCC(C(=O)OC(C)(C)C)C(=O)N2CC#N. The van der Waals surface area contributed by atoms with Crippen LogP contribution in [-0.2, 0) is 20.7 Å². The first kappa shape index (κ1) is 25.9. The first-order valence-electron chi connectivity index (χ1n) is 11.0. The van der Waals surface area contributed by atoms with Crippen molar-refractivity contribution < 1.29 is 23.5 Å². The molecule has 0 bridgehead atoms. The normalized spacial score (nSPS) is 15.4. The van der Waals surface area contributed by atoms with Crippen molar-refractivity contribution in [1.82, 2.24) is 0 Å². The van der Waals surface area contributed by atoms with Crippen LogP contribution in [0.4, 0.5) is 21.5 Å². The Bertz CT molecular complexity index is 1170. The molecule has 2 aromatic carbocycles. The van der Waals surface area contributed by atoms with Gasteiger partial charge in [0.25, 0.3) is 0 Å². The molecule has 0 fully saturated rings. The number of nitrogens with zero attached hydrogens (tertiary/aromatic N) is 2. The van der Waals surface area contributed by atoms with Crippen LogP contribution in [0.25, 0.3) is 0 Å². The highest BCUT2D eigenvalue weighted by atomic mass is 32.1. The minimum Gasteiger partial charge on any atom is -0.494 e. The fraction of sp³-hybridized carbons (Fsp3) is 0.360. The van der Waals surface area contributed by atoms with E-state index in [0.717, 1.165) is 5.56 Å². The molecule has 1 atom stereocenters. The van der Waals surface area contributed by atoms with Gasteiger partial charge < -0.3 is 20.1 Å². The van der Waals surface area contributed by atoms with Gasteiger partial charge in [0.1, 0.15) is 29.6 Å². The van der Waals surface area contributed by atoms with E-state index in [9.17, 15) is 19.2 Å². The van der Waals surface area contributed by atoms with Crippen molar-refractivity contribution in [3.05, 3.63) is 47.8 Å². The van der Waals surface area contributed by atoms with E-state index >= 15 is 0 Å². The molecule has 1 unspecified atom stereocenters. The molecule has 3 rings (SSSR count). The van der Waals surface area contributed by atoms with Crippen LogP contribution < -0.4 is 20.3 Å². The molecule has 10 heteroatoms. The third-order valence-corrected chi connectivity index (χ3v) is 5.43. The van der Waals surface area contributed by atoms with Gasteiger partial charge >= 0.3 is 5.97 Å². The molecule has 0 aromatic heterocycles. The van der Waals surface area contributed by atoms with Gasteiger partial charge in [-0.3, -0.25) is 14.5 Å². The van der Waals surface area contributed by atoms with Gasteiger partial charge in [0.2, 0.25) is 5.91 Å². The van der Waals surface area contributed by atoms with E-state index in [0.29, 0.717) is 29.2 Å². The van der Waals surface area contributed by atoms with Crippen molar-refractivity contribution >= 4 is 46.3 Å². The van der Waals surface area contributed by atoms with Crippen LogP contribution >= 0.6 is 12.2 Å². The van der Waals surface area contributed by atoms with E-state index < -0.39 is 23.4 Å². The molecule has 1 heterocycles. The van der Waals surface area contributed by atoms with Gasteiger partial charge in [-0.25, -0.2) is 4.39 Å². The number of hydrogen-bond acceptors (Lipinski definition) is 6. The summed E-state index contributed by atoms with van der Waals surface area (Å²) in [5.41, 5.74) is 1.62. The number of nitriles is 1. The molecule has 1 aliphatic rings. The number of nitrogens with one attached hydrogen (secondary N) is 2. The predicted octanol–water partition coefficient (Wildman–Crippen LogP) is 4.40. The van der Waals surface area contributed by atoms with Crippen LogP contribution in [0.1, 0.15) is 32.8 Å². The van der Waals surface area contributed by atoms with E-state index in [2.05, 4.69) is 10.6 Å². The summed E-state index contributed by atoms with van der Waals surface area (Å²) >= 11 is 5.39. The average Bonchev–Trinajstić information content (AvgIpc) is 2.90. The first-order chi connectivity index (χ1) is 16.5. The van der Waals surface area contributed by atoms with E-state index in [1.54, 1.807) is 45.0 Å². The van der Waals surface area contributed by atoms with E-state index in [-0.39, 0.29) is 23.9 Å². The molecular weight excluding hydrogens is 471 g/mol. The number of esters is 1. The Balaban J connectivity index is 1.90. The molecule has 0 spiro atoms. The average molecular weight is 499 g/mol. The Morgan fingerprint density at radius 2 is 1.94 bits per heavy atom. The van der Waals surface area contributed by atoms with Gasteiger partial charge in [-0.1, -0.05) is 0 Å². The zero-order valence-electron chi connectivity index (χ0n) is 20.0. The predicted molar refractivity (Wildman–Crippen MR) is 135 cm³/mol. The molecule has 35 heavy (non-hydrogen) atoms. The third-order valence-electron chi connectivity index (χ3n) is 5.23. The van der Waals surface area contributed by atoms with E-state index in [1.807, 2.05) is 6.07 Å². The minimum absolute atomic E-state index is 0.229. The van der Waals surface area contributed by atoms with Gasteiger partial charge in [0.15, 0.2) is 5.11 Å². The fourth-order valence-corrected chi connectivity index (χ4v) is 3.93. The monoisotopic (exact) mass is 498 g/mol. The van der Waals surface area contributed by atoms with Crippen molar-refractivity contribution in [2.75, 3.05) is 29.2 Å². The number of amides is 1. The van der Waals surface area contributed by atoms with Gasteiger partial charge in [-0.05, 0) is 81.7 Å². The van der Waals surface area contributed by atoms with Gasteiger partial charge in [0.05, 0.1) is 24.6 Å². The van der Waals surface area contributed by atoms with Gasteiger partial charge in [0, 0.05) is 11.8 Å². The van der Waals surface area contributed by atoms with Crippen LogP contribution in [0.2, 0.25) is 0 Å². The van der Waals surface area contributed by atoms with Crippen molar-refractivity contribution in [2.45, 2.75) is 39.2 Å².